The number of carbonyl (C=O) groups is 1. The lowest BCUT2D eigenvalue weighted by Gasteiger charge is -2.07. The van der Waals surface area contributed by atoms with E-state index in [1.807, 2.05) is 49.4 Å². The molecule has 22 heavy (non-hydrogen) atoms. The number of halogens is 3. The first-order valence-electron chi connectivity index (χ1n) is 6.91. The van der Waals surface area contributed by atoms with E-state index in [-0.39, 0.29) is 11.8 Å². The van der Waals surface area contributed by atoms with Crippen LogP contribution < -0.4 is 5.32 Å². The summed E-state index contributed by atoms with van der Waals surface area (Å²) < 4.78 is -1.07. The van der Waals surface area contributed by atoms with Crippen molar-refractivity contribution in [1.82, 2.24) is 0 Å². The number of alkyl halides is 2. The summed E-state index contributed by atoms with van der Waals surface area (Å²) in [5, 5.41) is 3.44. The minimum Gasteiger partial charge on any atom is -0.326 e. The van der Waals surface area contributed by atoms with Crippen LogP contribution in [0.1, 0.15) is 17.0 Å². The van der Waals surface area contributed by atoms with Crippen LogP contribution in [0.15, 0.2) is 48.5 Å². The lowest BCUT2D eigenvalue weighted by atomic mass is 10.1. The number of amides is 1. The summed E-state index contributed by atoms with van der Waals surface area (Å²) in [4.78, 5) is 12.4. The van der Waals surface area contributed by atoms with Gasteiger partial charge >= 0.3 is 0 Å². The van der Waals surface area contributed by atoms with Gasteiger partial charge < -0.3 is 5.32 Å². The van der Waals surface area contributed by atoms with Crippen LogP contribution in [0.5, 0.6) is 0 Å². The molecule has 1 aliphatic carbocycles. The summed E-state index contributed by atoms with van der Waals surface area (Å²) in [7, 11) is 0. The number of nitrogens with one attached hydrogen (secondary N) is 1. The highest BCUT2D eigenvalue weighted by molar-refractivity contribution is 6.53. The molecule has 1 fully saturated rings. The van der Waals surface area contributed by atoms with E-state index in [9.17, 15) is 4.79 Å². The number of benzene rings is 2. The molecule has 2 aromatic carbocycles. The van der Waals surface area contributed by atoms with E-state index < -0.39 is 10.3 Å². The maximum absolute atomic E-state index is 12.4. The van der Waals surface area contributed by atoms with Gasteiger partial charge in [-0.3, -0.25) is 4.79 Å². The number of hydrogen-bond acceptors (Lipinski definition) is 1. The Balaban J connectivity index is 1.77. The van der Waals surface area contributed by atoms with Gasteiger partial charge in [0.15, 0.2) is 0 Å². The second-order valence-corrected chi connectivity index (χ2v) is 7.35. The number of aryl methyl sites for hydroxylation is 1. The van der Waals surface area contributed by atoms with Gasteiger partial charge in [0.2, 0.25) is 5.91 Å². The second kappa shape index (κ2) is 5.77. The zero-order valence-electron chi connectivity index (χ0n) is 11.8. The summed E-state index contributed by atoms with van der Waals surface area (Å²) in [6.07, 6.45) is 0. The molecule has 1 amide bonds. The van der Waals surface area contributed by atoms with E-state index in [1.54, 1.807) is 6.07 Å². The molecule has 0 saturated heterocycles. The molecule has 1 aliphatic rings. The van der Waals surface area contributed by atoms with Gasteiger partial charge in [0, 0.05) is 16.6 Å². The predicted molar refractivity (Wildman–Crippen MR) is 91.9 cm³/mol. The molecule has 2 aromatic rings. The highest BCUT2D eigenvalue weighted by Crippen LogP contribution is 2.65. The van der Waals surface area contributed by atoms with Crippen LogP contribution in [-0.2, 0) is 4.79 Å². The fourth-order valence-corrected chi connectivity index (χ4v) is 3.63. The molecule has 0 aromatic heterocycles. The standard InChI is InChI=1S/C17H14Cl3NO/c1-10-7-8-12(9-13(10)18)21-16(22)15-14(17(15,19)20)11-5-3-2-4-6-11/h2-9,14-15H,1H3,(H,21,22)/t14-,15+/m0/s1. The Morgan fingerprint density at radius 2 is 1.82 bits per heavy atom. The molecule has 2 nitrogen and oxygen atoms in total. The molecule has 1 N–H and O–H groups in total. The first kappa shape index (κ1) is 15.7. The SMILES string of the molecule is Cc1ccc(NC(=O)[C@H]2[C@H](c3ccccc3)C2(Cl)Cl)cc1Cl. The van der Waals surface area contributed by atoms with E-state index >= 15 is 0 Å². The first-order chi connectivity index (χ1) is 10.4. The summed E-state index contributed by atoms with van der Waals surface area (Å²) in [5.41, 5.74) is 2.57. The molecule has 0 bridgehead atoms. The fourth-order valence-electron chi connectivity index (χ4n) is 2.62. The minimum absolute atomic E-state index is 0.196. The van der Waals surface area contributed by atoms with Crippen molar-refractivity contribution in [3.63, 3.8) is 0 Å². The van der Waals surface area contributed by atoms with Gasteiger partial charge in [0.1, 0.15) is 4.33 Å². The van der Waals surface area contributed by atoms with E-state index in [4.69, 9.17) is 34.8 Å². The summed E-state index contributed by atoms with van der Waals surface area (Å²) in [6.45, 7) is 1.91. The van der Waals surface area contributed by atoms with Crippen LogP contribution in [0.4, 0.5) is 5.69 Å². The van der Waals surface area contributed by atoms with Gasteiger partial charge in [-0.15, -0.1) is 23.2 Å². The highest BCUT2D eigenvalue weighted by atomic mass is 35.5. The Morgan fingerprint density at radius 1 is 1.14 bits per heavy atom. The Hall–Kier alpha value is -1.22. The number of rotatable bonds is 3. The second-order valence-electron chi connectivity index (χ2n) is 5.49. The fraction of sp³-hybridized carbons (Fsp3) is 0.235. The van der Waals surface area contributed by atoms with Gasteiger partial charge in [-0.1, -0.05) is 48.0 Å². The van der Waals surface area contributed by atoms with Crippen molar-refractivity contribution in [2.75, 3.05) is 5.32 Å². The Kier molecular flexibility index (Phi) is 4.11. The molecule has 0 spiro atoms. The van der Waals surface area contributed by atoms with Crippen LogP contribution in [0.25, 0.3) is 0 Å². The average molecular weight is 355 g/mol. The molecule has 1 saturated carbocycles. The van der Waals surface area contributed by atoms with Crippen molar-refractivity contribution in [3.05, 3.63) is 64.7 Å². The molecule has 2 atom stereocenters. The van der Waals surface area contributed by atoms with Crippen molar-refractivity contribution < 1.29 is 4.79 Å². The normalized spacial score (nSPS) is 22.2. The summed E-state index contributed by atoms with van der Waals surface area (Å²) >= 11 is 18.7. The zero-order chi connectivity index (χ0) is 15.9. The van der Waals surface area contributed by atoms with E-state index in [0.717, 1.165) is 11.1 Å². The van der Waals surface area contributed by atoms with Crippen molar-refractivity contribution in [3.8, 4) is 0 Å². The lowest BCUT2D eigenvalue weighted by Crippen LogP contribution is -2.17. The van der Waals surface area contributed by atoms with Crippen molar-refractivity contribution >= 4 is 46.4 Å². The number of hydrogen-bond donors (Lipinski definition) is 1. The lowest BCUT2D eigenvalue weighted by molar-refractivity contribution is -0.117. The molecule has 5 heteroatoms. The van der Waals surface area contributed by atoms with Crippen molar-refractivity contribution in [2.45, 2.75) is 17.2 Å². The molecule has 0 heterocycles. The largest absolute Gasteiger partial charge is 0.326 e. The minimum atomic E-state index is -1.07. The molecule has 114 valence electrons. The Morgan fingerprint density at radius 3 is 2.45 bits per heavy atom. The van der Waals surface area contributed by atoms with Gasteiger partial charge in [-0.2, -0.15) is 0 Å². The van der Waals surface area contributed by atoms with Crippen LogP contribution in [0.2, 0.25) is 5.02 Å². The van der Waals surface area contributed by atoms with Crippen LogP contribution in [0, 0.1) is 12.8 Å². The maximum atomic E-state index is 12.4. The molecular weight excluding hydrogens is 341 g/mol. The van der Waals surface area contributed by atoms with Gasteiger partial charge in [-0.05, 0) is 30.2 Å². The van der Waals surface area contributed by atoms with Gasteiger partial charge in [0.25, 0.3) is 0 Å². The maximum Gasteiger partial charge on any atom is 0.231 e. The predicted octanol–water partition coefficient (Wildman–Crippen LogP) is 5.17. The molecule has 0 radical (unpaired) electrons. The molecule has 0 aliphatic heterocycles. The Labute approximate surface area is 144 Å². The molecule has 0 unspecified atom stereocenters. The van der Waals surface area contributed by atoms with Gasteiger partial charge in [-0.25, -0.2) is 0 Å². The third-order valence-corrected chi connectivity index (χ3v) is 5.28. The third-order valence-electron chi connectivity index (χ3n) is 3.93. The van der Waals surface area contributed by atoms with Crippen molar-refractivity contribution in [2.24, 2.45) is 5.92 Å². The first-order valence-corrected chi connectivity index (χ1v) is 8.04. The van der Waals surface area contributed by atoms with Crippen LogP contribution in [-0.4, -0.2) is 10.2 Å². The van der Waals surface area contributed by atoms with Crippen molar-refractivity contribution in [1.29, 1.82) is 0 Å². The zero-order valence-corrected chi connectivity index (χ0v) is 14.1. The highest BCUT2D eigenvalue weighted by Gasteiger charge is 2.67. The van der Waals surface area contributed by atoms with Gasteiger partial charge in [0.05, 0.1) is 5.92 Å². The van der Waals surface area contributed by atoms with E-state index in [1.165, 1.54) is 0 Å². The molecular formula is C17H14Cl3NO. The third kappa shape index (κ3) is 2.83. The van der Waals surface area contributed by atoms with Crippen LogP contribution >= 0.6 is 34.8 Å². The summed E-state index contributed by atoms with van der Waals surface area (Å²) in [5.74, 6) is -0.866. The van der Waals surface area contributed by atoms with E-state index in [0.29, 0.717) is 10.7 Å². The Bertz CT molecular complexity index is 715. The topological polar surface area (TPSA) is 29.1 Å². The average Bonchev–Trinajstić information content (AvgIpc) is 3.07. The quantitative estimate of drug-likeness (QED) is 0.757. The number of carbonyl (C=O) groups excluding carboxylic acids is 1. The monoisotopic (exact) mass is 353 g/mol. The van der Waals surface area contributed by atoms with E-state index in [2.05, 4.69) is 5.32 Å². The molecule has 3 rings (SSSR count). The number of anilines is 1. The smallest absolute Gasteiger partial charge is 0.231 e. The summed E-state index contributed by atoms with van der Waals surface area (Å²) in [6, 6.07) is 15.0. The van der Waals surface area contributed by atoms with Crippen LogP contribution in [0.3, 0.4) is 0 Å².